The number of nitrogens with zero attached hydrogens (tertiary/aromatic N) is 5. The molecule has 0 aliphatic carbocycles. The van der Waals surface area contributed by atoms with Crippen LogP contribution < -0.4 is 5.43 Å². The van der Waals surface area contributed by atoms with Crippen molar-refractivity contribution < 1.29 is 4.39 Å². The summed E-state index contributed by atoms with van der Waals surface area (Å²) in [6.45, 7) is 0. The largest absolute Gasteiger partial charge is 0.260 e. The molecular formula is C12H9FN6. The Morgan fingerprint density at radius 3 is 3.11 bits per heavy atom. The number of benzene rings is 1. The average Bonchev–Trinajstić information content (AvgIpc) is 2.86. The molecule has 0 saturated carbocycles. The minimum atomic E-state index is -0.298. The van der Waals surface area contributed by atoms with Gasteiger partial charge in [0.1, 0.15) is 12.1 Å². The van der Waals surface area contributed by atoms with Gasteiger partial charge in [-0.25, -0.2) is 4.39 Å². The Kier molecular flexibility index (Phi) is 2.85. The first-order valence-corrected chi connectivity index (χ1v) is 5.53. The van der Waals surface area contributed by atoms with E-state index < -0.39 is 0 Å². The maximum absolute atomic E-state index is 12.9. The third kappa shape index (κ3) is 2.54. The molecule has 7 heteroatoms. The van der Waals surface area contributed by atoms with Gasteiger partial charge in [-0.05, 0) is 29.8 Å². The fourth-order valence-corrected chi connectivity index (χ4v) is 1.55. The van der Waals surface area contributed by atoms with Gasteiger partial charge in [0.2, 0.25) is 0 Å². The Morgan fingerprint density at radius 2 is 2.21 bits per heavy atom. The molecule has 0 bridgehead atoms. The summed E-state index contributed by atoms with van der Waals surface area (Å²) in [6.07, 6.45) is 3.01. The van der Waals surface area contributed by atoms with Crippen molar-refractivity contribution in [1.82, 2.24) is 19.8 Å². The first-order chi connectivity index (χ1) is 9.31. The number of hydrogen-bond acceptors (Lipinski definition) is 5. The number of aromatic nitrogens is 4. The molecule has 3 rings (SSSR count). The monoisotopic (exact) mass is 256 g/mol. The van der Waals surface area contributed by atoms with Gasteiger partial charge in [-0.2, -0.15) is 9.62 Å². The predicted molar refractivity (Wildman–Crippen MR) is 68.4 cm³/mol. The molecule has 19 heavy (non-hydrogen) atoms. The number of hydrazone groups is 1. The molecule has 0 aliphatic heterocycles. The van der Waals surface area contributed by atoms with E-state index in [1.165, 1.54) is 29.2 Å². The van der Waals surface area contributed by atoms with Gasteiger partial charge in [0, 0.05) is 0 Å². The summed E-state index contributed by atoms with van der Waals surface area (Å²) in [7, 11) is 0. The van der Waals surface area contributed by atoms with E-state index in [0.29, 0.717) is 17.0 Å². The van der Waals surface area contributed by atoms with Crippen LogP contribution in [0, 0.1) is 5.82 Å². The first kappa shape index (κ1) is 11.3. The van der Waals surface area contributed by atoms with Crippen molar-refractivity contribution >= 4 is 17.7 Å². The third-order valence-corrected chi connectivity index (χ3v) is 2.40. The van der Waals surface area contributed by atoms with Crippen molar-refractivity contribution in [1.29, 1.82) is 0 Å². The van der Waals surface area contributed by atoms with Gasteiger partial charge in [-0.15, -0.1) is 15.3 Å². The van der Waals surface area contributed by atoms with Crippen LogP contribution in [0.25, 0.3) is 5.65 Å². The summed E-state index contributed by atoms with van der Waals surface area (Å²) in [5, 5.41) is 15.7. The minimum absolute atomic E-state index is 0.298. The van der Waals surface area contributed by atoms with E-state index in [4.69, 9.17) is 0 Å². The zero-order valence-corrected chi connectivity index (χ0v) is 9.73. The lowest BCUT2D eigenvalue weighted by Crippen LogP contribution is -1.98. The standard InChI is InChI=1S/C12H9FN6/c13-10-3-1-2-9(6-10)7-14-16-11-4-5-12-17-15-8-19(12)18-11/h1-8H,(H,16,18). The molecular weight excluding hydrogens is 247 g/mol. The third-order valence-electron chi connectivity index (χ3n) is 2.40. The van der Waals surface area contributed by atoms with Gasteiger partial charge in [0.05, 0.1) is 6.21 Å². The molecule has 0 spiro atoms. The quantitative estimate of drug-likeness (QED) is 0.572. The Morgan fingerprint density at radius 1 is 1.26 bits per heavy atom. The zero-order chi connectivity index (χ0) is 13.1. The zero-order valence-electron chi connectivity index (χ0n) is 9.73. The van der Waals surface area contributed by atoms with Gasteiger partial charge in [0.25, 0.3) is 0 Å². The smallest absolute Gasteiger partial charge is 0.177 e. The highest BCUT2D eigenvalue weighted by atomic mass is 19.1. The number of fused-ring (bicyclic) bond motifs is 1. The molecule has 0 radical (unpaired) electrons. The number of halogens is 1. The van der Waals surface area contributed by atoms with E-state index in [0.717, 1.165) is 0 Å². The molecule has 94 valence electrons. The minimum Gasteiger partial charge on any atom is -0.260 e. The van der Waals surface area contributed by atoms with Crippen LogP contribution in [-0.2, 0) is 0 Å². The Labute approximate surface area is 107 Å². The molecule has 6 nitrogen and oxygen atoms in total. The molecule has 0 fully saturated rings. The molecule has 1 N–H and O–H groups in total. The number of anilines is 1. The van der Waals surface area contributed by atoms with Crippen molar-refractivity contribution in [2.45, 2.75) is 0 Å². The lowest BCUT2D eigenvalue weighted by molar-refractivity contribution is 0.627. The van der Waals surface area contributed by atoms with Crippen LogP contribution in [0.4, 0.5) is 10.2 Å². The molecule has 0 aliphatic rings. The fraction of sp³-hybridized carbons (Fsp3) is 0. The highest BCUT2D eigenvalue weighted by molar-refractivity contribution is 5.79. The Hall–Kier alpha value is -2.83. The fourth-order valence-electron chi connectivity index (χ4n) is 1.55. The molecule has 2 heterocycles. The molecule has 0 amide bonds. The van der Waals surface area contributed by atoms with Gasteiger partial charge in [-0.3, -0.25) is 5.43 Å². The molecule has 3 aromatic rings. The lowest BCUT2D eigenvalue weighted by atomic mass is 10.2. The number of hydrogen-bond donors (Lipinski definition) is 1. The van der Waals surface area contributed by atoms with Crippen molar-refractivity contribution in [2.24, 2.45) is 5.10 Å². The van der Waals surface area contributed by atoms with Gasteiger partial charge in [-0.1, -0.05) is 12.1 Å². The highest BCUT2D eigenvalue weighted by Gasteiger charge is 1.97. The van der Waals surface area contributed by atoms with Crippen LogP contribution in [0.3, 0.4) is 0 Å². The summed E-state index contributed by atoms with van der Waals surface area (Å²) in [4.78, 5) is 0. The predicted octanol–water partition coefficient (Wildman–Crippen LogP) is 1.71. The van der Waals surface area contributed by atoms with E-state index >= 15 is 0 Å². The SMILES string of the molecule is Fc1cccc(C=NNc2ccc3nncn3n2)c1. The van der Waals surface area contributed by atoms with Gasteiger partial charge < -0.3 is 0 Å². The van der Waals surface area contributed by atoms with E-state index in [1.807, 2.05) is 0 Å². The van der Waals surface area contributed by atoms with Crippen molar-refractivity contribution in [2.75, 3.05) is 5.43 Å². The van der Waals surface area contributed by atoms with Crippen LogP contribution in [0.5, 0.6) is 0 Å². The summed E-state index contributed by atoms with van der Waals surface area (Å²) in [5.74, 6) is 0.243. The van der Waals surface area contributed by atoms with E-state index in [-0.39, 0.29) is 5.82 Å². The van der Waals surface area contributed by atoms with E-state index in [2.05, 4.69) is 25.8 Å². The summed E-state index contributed by atoms with van der Waals surface area (Å²) in [5.41, 5.74) is 4.07. The highest BCUT2D eigenvalue weighted by Crippen LogP contribution is 2.04. The van der Waals surface area contributed by atoms with E-state index in [1.54, 1.807) is 24.3 Å². The van der Waals surface area contributed by atoms with Crippen molar-refractivity contribution in [3.8, 4) is 0 Å². The van der Waals surface area contributed by atoms with Crippen LogP contribution in [0.15, 0.2) is 47.8 Å². The number of nitrogens with one attached hydrogen (secondary N) is 1. The maximum atomic E-state index is 12.9. The molecule has 2 aromatic heterocycles. The van der Waals surface area contributed by atoms with Crippen LogP contribution in [0.2, 0.25) is 0 Å². The Bertz CT molecular complexity index is 736. The first-order valence-electron chi connectivity index (χ1n) is 5.53. The van der Waals surface area contributed by atoms with E-state index in [9.17, 15) is 4.39 Å². The summed E-state index contributed by atoms with van der Waals surface area (Å²) < 4.78 is 14.5. The van der Waals surface area contributed by atoms with Gasteiger partial charge in [0.15, 0.2) is 11.5 Å². The summed E-state index contributed by atoms with van der Waals surface area (Å²) in [6, 6.07) is 9.64. The molecule has 0 unspecified atom stereocenters. The number of rotatable bonds is 3. The van der Waals surface area contributed by atoms with Crippen molar-refractivity contribution in [3.63, 3.8) is 0 Å². The molecule has 0 saturated heterocycles. The normalized spacial score (nSPS) is 11.2. The maximum Gasteiger partial charge on any atom is 0.177 e. The average molecular weight is 256 g/mol. The van der Waals surface area contributed by atoms with Crippen LogP contribution >= 0.6 is 0 Å². The second-order valence-electron chi connectivity index (χ2n) is 3.78. The van der Waals surface area contributed by atoms with Crippen LogP contribution in [0.1, 0.15) is 5.56 Å². The van der Waals surface area contributed by atoms with Crippen LogP contribution in [-0.4, -0.2) is 26.0 Å². The molecule has 1 aromatic carbocycles. The second-order valence-corrected chi connectivity index (χ2v) is 3.78. The summed E-state index contributed by atoms with van der Waals surface area (Å²) >= 11 is 0. The molecule has 0 atom stereocenters. The topological polar surface area (TPSA) is 67.5 Å². The van der Waals surface area contributed by atoms with Gasteiger partial charge >= 0.3 is 0 Å². The lowest BCUT2D eigenvalue weighted by Gasteiger charge is -1.99. The van der Waals surface area contributed by atoms with Crippen molar-refractivity contribution in [3.05, 3.63) is 54.1 Å². The second kappa shape index (κ2) is 4.81. The Balaban J connectivity index is 1.74.